The van der Waals surface area contributed by atoms with Gasteiger partial charge in [-0.15, -0.1) is 11.8 Å². The molecule has 1 N–H and O–H groups in total. The molecule has 0 saturated carbocycles. The number of aromatic nitrogens is 1. The number of hydrogen-bond donors (Lipinski definition) is 1. The summed E-state index contributed by atoms with van der Waals surface area (Å²) >= 11 is 7.64. The van der Waals surface area contributed by atoms with Crippen LogP contribution in [0.25, 0.3) is 0 Å². The summed E-state index contributed by atoms with van der Waals surface area (Å²) in [4.78, 5) is 14.3. The van der Waals surface area contributed by atoms with E-state index in [4.69, 9.17) is 11.6 Å². The lowest BCUT2D eigenvalue weighted by Gasteiger charge is -2.24. The SMILES string of the molecule is Cn1cccc1[C@H]1SCCN1C(=O)Nc1ccc(Cl)cc1. The zero-order valence-corrected chi connectivity index (χ0v) is 13.2. The molecule has 2 heterocycles. The zero-order chi connectivity index (χ0) is 14.8. The van der Waals surface area contributed by atoms with Gasteiger partial charge in [0, 0.05) is 36.3 Å². The van der Waals surface area contributed by atoms with Crippen molar-refractivity contribution in [1.82, 2.24) is 9.47 Å². The number of nitrogens with zero attached hydrogens (tertiary/aromatic N) is 2. The first kappa shape index (κ1) is 14.4. The van der Waals surface area contributed by atoms with Crippen LogP contribution in [-0.4, -0.2) is 27.8 Å². The van der Waals surface area contributed by atoms with Crippen molar-refractivity contribution in [3.05, 3.63) is 53.3 Å². The van der Waals surface area contributed by atoms with Gasteiger partial charge in [-0.2, -0.15) is 0 Å². The maximum absolute atomic E-state index is 12.5. The smallest absolute Gasteiger partial charge is 0.323 e. The Hall–Kier alpha value is -1.59. The fourth-order valence-corrected chi connectivity index (χ4v) is 3.83. The maximum atomic E-state index is 12.5. The molecule has 1 fully saturated rings. The van der Waals surface area contributed by atoms with E-state index in [9.17, 15) is 4.79 Å². The molecule has 3 rings (SSSR count). The molecule has 2 amide bonds. The average Bonchev–Trinajstić information content (AvgIpc) is 3.09. The maximum Gasteiger partial charge on any atom is 0.323 e. The van der Waals surface area contributed by atoms with E-state index in [0.717, 1.165) is 23.7 Å². The number of halogens is 1. The Morgan fingerprint density at radius 2 is 2.10 bits per heavy atom. The third-order valence-electron chi connectivity index (χ3n) is 3.48. The Morgan fingerprint density at radius 1 is 1.33 bits per heavy atom. The Bertz CT molecular complexity index is 641. The predicted molar refractivity (Wildman–Crippen MR) is 87.8 cm³/mol. The summed E-state index contributed by atoms with van der Waals surface area (Å²) in [6.45, 7) is 0.750. The van der Waals surface area contributed by atoms with Gasteiger partial charge in [-0.05, 0) is 36.4 Å². The number of aryl methyl sites for hydroxylation is 1. The predicted octanol–water partition coefficient (Wildman–Crippen LogP) is 3.96. The van der Waals surface area contributed by atoms with Gasteiger partial charge in [-0.1, -0.05) is 11.6 Å². The minimum absolute atomic E-state index is 0.0669. The first-order valence-corrected chi connectivity index (χ1v) is 8.14. The quantitative estimate of drug-likeness (QED) is 0.909. The van der Waals surface area contributed by atoms with Gasteiger partial charge in [0.25, 0.3) is 0 Å². The summed E-state index contributed by atoms with van der Waals surface area (Å²) in [5.41, 5.74) is 1.90. The first-order chi connectivity index (χ1) is 10.1. The van der Waals surface area contributed by atoms with Crippen molar-refractivity contribution in [2.45, 2.75) is 5.37 Å². The second-order valence-electron chi connectivity index (χ2n) is 4.90. The fraction of sp³-hybridized carbons (Fsp3) is 0.267. The molecule has 1 aromatic carbocycles. The van der Waals surface area contributed by atoms with Gasteiger partial charge < -0.3 is 14.8 Å². The lowest BCUT2D eigenvalue weighted by molar-refractivity contribution is 0.213. The molecule has 1 saturated heterocycles. The molecular formula is C15H16ClN3OS. The highest BCUT2D eigenvalue weighted by molar-refractivity contribution is 7.99. The van der Waals surface area contributed by atoms with Crippen molar-refractivity contribution in [2.75, 3.05) is 17.6 Å². The van der Waals surface area contributed by atoms with Crippen LogP contribution in [0, 0.1) is 0 Å². The molecule has 0 aliphatic carbocycles. The molecule has 0 bridgehead atoms. The van der Waals surface area contributed by atoms with Crippen LogP contribution in [0.2, 0.25) is 5.02 Å². The van der Waals surface area contributed by atoms with Crippen LogP contribution in [0.5, 0.6) is 0 Å². The van der Waals surface area contributed by atoms with Gasteiger partial charge in [-0.3, -0.25) is 0 Å². The van der Waals surface area contributed by atoms with Crippen LogP contribution in [-0.2, 0) is 7.05 Å². The largest absolute Gasteiger partial charge is 0.352 e. The van der Waals surface area contributed by atoms with Crippen LogP contribution in [0.3, 0.4) is 0 Å². The molecule has 110 valence electrons. The molecule has 0 spiro atoms. The van der Waals surface area contributed by atoms with Crippen LogP contribution in [0.4, 0.5) is 10.5 Å². The van der Waals surface area contributed by atoms with Crippen molar-refractivity contribution < 1.29 is 4.79 Å². The summed E-state index contributed by atoms with van der Waals surface area (Å²) in [6.07, 6.45) is 2.00. The third-order valence-corrected chi connectivity index (χ3v) is 4.97. The number of anilines is 1. The van der Waals surface area contributed by atoms with Gasteiger partial charge in [0.15, 0.2) is 0 Å². The highest BCUT2D eigenvalue weighted by atomic mass is 35.5. The molecular weight excluding hydrogens is 306 g/mol. The number of rotatable bonds is 2. The van der Waals surface area contributed by atoms with E-state index in [1.165, 1.54) is 0 Å². The molecule has 21 heavy (non-hydrogen) atoms. The van der Waals surface area contributed by atoms with Crippen molar-refractivity contribution in [1.29, 1.82) is 0 Å². The molecule has 0 unspecified atom stereocenters. The topological polar surface area (TPSA) is 37.3 Å². The fourth-order valence-electron chi connectivity index (χ4n) is 2.38. The Labute approximate surface area is 133 Å². The molecule has 4 nitrogen and oxygen atoms in total. The van der Waals surface area contributed by atoms with Gasteiger partial charge in [-0.25, -0.2) is 4.79 Å². The van der Waals surface area contributed by atoms with Crippen LogP contribution in [0.1, 0.15) is 11.1 Å². The number of carbonyl (C=O) groups is 1. The van der Waals surface area contributed by atoms with E-state index in [1.54, 1.807) is 36.0 Å². The minimum Gasteiger partial charge on any atom is -0.352 e. The third kappa shape index (κ3) is 3.04. The number of urea groups is 1. The van der Waals surface area contributed by atoms with E-state index in [1.807, 2.05) is 24.2 Å². The van der Waals surface area contributed by atoms with Crippen molar-refractivity contribution in [3.63, 3.8) is 0 Å². The van der Waals surface area contributed by atoms with Gasteiger partial charge in [0.2, 0.25) is 0 Å². The highest BCUT2D eigenvalue weighted by Gasteiger charge is 2.32. The summed E-state index contributed by atoms with van der Waals surface area (Å²) in [5.74, 6) is 0.948. The summed E-state index contributed by atoms with van der Waals surface area (Å²) < 4.78 is 2.06. The number of hydrogen-bond acceptors (Lipinski definition) is 2. The second kappa shape index (κ2) is 6.03. The molecule has 1 aliphatic rings. The van der Waals surface area contributed by atoms with Crippen molar-refractivity contribution in [3.8, 4) is 0 Å². The van der Waals surface area contributed by atoms with E-state index in [0.29, 0.717) is 5.02 Å². The zero-order valence-electron chi connectivity index (χ0n) is 11.6. The first-order valence-electron chi connectivity index (χ1n) is 6.71. The van der Waals surface area contributed by atoms with Crippen LogP contribution < -0.4 is 5.32 Å². The standard InChI is InChI=1S/C15H16ClN3OS/c1-18-8-2-3-13(18)14-19(9-10-21-14)15(20)17-12-6-4-11(16)5-7-12/h2-8,14H,9-10H2,1H3,(H,17,20)/t14-/m1/s1. The van der Waals surface area contributed by atoms with Crippen LogP contribution in [0.15, 0.2) is 42.6 Å². The normalized spacial score (nSPS) is 18.0. The lowest BCUT2D eigenvalue weighted by Crippen LogP contribution is -2.34. The Kier molecular flexibility index (Phi) is 4.12. The second-order valence-corrected chi connectivity index (χ2v) is 6.52. The number of amides is 2. The number of nitrogens with one attached hydrogen (secondary N) is 1. The monoisotopic (exact) mass is 321 g/mol. The summed E-state index contributed by atoms with van der Waals surface area (Å²) in [6, 6.07) is 11.1. The van der Waals surface area contributed by atoms with Crippen molar-refractivity contribution in [2.24, 2.45) is 7.05 Å². The Morgan fingerprint density at radius 3 is 2.76 bits per heavy atom. The van der Waals surface area contributed by atoms with Crippen LogP contribution >= 0.6 is 23.4 Å². The van der Waals surface area contributed by atoms with Gasteiger partial charge in [0.05, 0.1) is 5.69 Å². The molecule has 0 radical (unpaired) electrons. The highest BCUT2D eigenvalue weighted by Crippen LogP contribution is 2.38. The molecule has 6 heteroatoms. The van der Waals surface area contributed by atoms with Crippen molar-refractivity contribution >= 4 is 35.1 Å². The van der Waals surface area contributed by atoms with E-state index in [-0.39, 0.29) is 11.4 Å². The Balaban J connectivity index is 1.74. The molecule has 1 aromatic heterocycles. The van der Waals surface area contributed by atoms with E-state index >= 15 is 0 Å². The summed E-state index contributed by atoms with van der Waals surface area (Å²) in [5, 5.41) is 3.65. The molecule has 2 aromatic rings. The number of carbonyl (C=O) groups excluding carboxylic acids is 1. The summed E-state index contributed by atoms with van der Waals surface area (Å²) in [7, 11) is 2.00. The lowest BCUT2D eigenvalue weighted by atomic mass is 10.3. The van der Waals surface area contributed by atoms with Gasteiger partial charge in [0.1, 0.15) is 5.37 Å². The number of thioether (sulfide) groups is 1. The van der Waals surface area contributed by atoms with Gasteiger partial charge >= 0.3 is 6.03 Å². The van der Waals surface area contributed by atoms with E-state index in [2.05, 4.69) is 16.0 Å². The molecule has 1 aliphatic heterocycles. The molecule has 1 atom stereocenters. The average molecular weight is 322 g/mol. The minimum atomic E-state index is -0.0754. The number of benzene rings is 1. The van der Waals surface area contributed by atoms with E-state index < -0.39 is 0 Å².